The Morgan fingerprint density at radius 3 is 2.26 bits per heavy atom. The Morgan fingerprint density at radius 2 is 1.58 bits per heavy atom. The van der Waals surface area contributed by atoms with Gasteiger partial charge < -0.3 is 19.0 Å². The number of furan rings is 1. The Balaban J connectivity index is 1.43. The zero-order valence-corrected chi connectivity index (χ0v) is 22.9. The van der Waals surface area contributed by atoms with Gasteiger partial charge in [-0.3, -0.25) is 14.5 Å². The molecular formula is C30H37N3O4S. The third kappa shape index (κ3) is 9.04. The maximum Gasteiger partial charge on any atom is 0.242 e. The number of morpholine rings is 1. The molecule has 3 aromatic rings. The highest BCUT2D eigenvalue weighted by Crippen LogP contribution is 2.18. The largest absolute Gasteiger partial charge is 0.464 e. The van der Waals surface area contributed by atoms with Gasteiger partial charge in [-0.15, -0.1) is 11.8 Å². The zero-order valence-electron chi connectivity index (χ0n) is 22.1. The summed E-state index contributed by atoms with van der Waals surface area (Å²) in [6, 6.07) is 23.6. The van der Waals surface area contributed by atoms with Crippen molar-refractivity contribution in [2.75, 3.05) is 51.7 Å². The van der Waals surface area contributed by atoms with E-state index in [1.807, 2.05) is 79.7 Å². The highest BCUT2D eigenvalue weighted by Gasteiger charge is 2.23. The van der Waals surface area contributed by atoms with Gasteiger partial charge in [-0.1, -0.05) is 48.5 Å². The number of carbonyl (C=O) groups excluding carboxylic acids is 2. The van der Waals surface area contributed by atoms with Crippen LogP contribution in [0.25, 0.3) is 0 Å². The third-order valence-corrected chi connectivity index (χ3v) is 7.50. The van der Waals surface area contributed by atoms with E-state index in [2.05, 4.69) is 4.90 Å². The zero-order chi connectivity index (χ0) is 26.6. The number of thioether (sulfide) groups is 1. The first kappa shape index (κ1) is 28.0. The van der Waals surface area contributed by atoms with Crippen molar-refractivity contribution in [2.24, 2.45) is 0 Å². The molecule has 8 heteroatoms. The number of nitrogens with zero attached hydrogens (tertiary/aromatic N) is 3. The van der Waals surface area contributed by atoms with Crippen LogP contribution in [-0.4, -0.2) is 78.2 Å². The maximum absolute atomic E-state index is 13.7. The number of hydrogen-bond acceptors (Lipinski definition) is 6. The number of ether oxygens (including phenoxy) is 1. The van der Waals surface area contributed by atoms with Gasteiger partial charge in [-0.2, -0.15) is 0 Å². The number of amides is 2. The number of aryl methyl sites for hydroxylation is 1. The molecule has 0 bridgehead atoms. The lowest BCUT2D eigenvalue weighted by atomic mass is 10.2. The summed E-state index contributed by atoms with van der Waals surface area (Å²) in [6.45, 7) is 7.47. The molecule has 0 unspecified atom stereocenters. The van der Waals surface area contributed by atoms with Gasteiger partial charge in [0.05, 0.1) is 32.1 Å². The molecule has 2 heterocycles. The first-order chi connectivity index (χ1) is 18.6. The molecule has 1 aromatic heterocycles. The van der Waals surface area contributed by atoms with Crippen molar-refractivity contribution in [3.8, 4) is 0 Å². The van der Waals surface area contributed by atoms with Gasteiger partial charge in [-0.25, -0.2) is 0 Å². The molecule has 2 aromatic carbocycles. The van der Waals surface area contributed by atoms with E-state index in [9.17, 15) is 9.59 Å². The lowest BCUT2D eigenvalue weighted by Crippen LogP contribution is -2.44. The molecule has 1 saturated heterocycles. The third-order valence-electron chi connectivity index (χ3n) is 6.50. The highest BCUT2D eigenvalue weighted by molar-refractivity contribution is 8.00. The average molecular weight is 536 g/mol. The molecule has 202 valence electrons. The van der Waals surface area contributed by atoms with Gasteiger partial charge in [0.25, 0.3) is 0 Å². The van der Waals surface area contributed by atoms with E-state index in [1.54, 1.807) is 9.80 Å². The second-order valence-corrected chi connectivity index (χ2v) is 10.5. The minimum atomic E-state index is -0.0904. The van der Waals surface area contributed by atoms with Gasteiger partial charge in [0.1, 0.15) is 11.5 Å². The average Bonchev–Trinajstić information content (AvgIpc) is 3.36. The minimum absolute atomic E-state index is 0.0253. The molecule has 0 radical (unpaired) electrons. The molecule has 7 nitrogen and oxygen atoms in total. The van der Waals surface area contributed by atoms with Gasteiger partial charge in [0.2, 0.25) is 11.8 Å². The molecule has 38 heavy (non-hydrogen) atoms. The van der Waals surface area contributed by atoms with Gasteiger partial charge in [0, 0.05) is 37.6 Å². The summed E-state index contributed by atoms with van der Waals surface area (Å²) in [7, 11) is 0. The van der Waals surface area contributed by atoms with Crippen molar-refractivity contribution >= 4 is 23.6 Å². The first-order valence-corrected chi connectivity index (χ1v) is 14.2. The van der Waals surface area contributed by atoms with Crippen LogP contribution in [0.15, 0.2) is 82.1 Å². The predicted molar refractivity (Wildman–Crippen MR) is 150 cm³/mol. The second kappa shape index (κ2) is 14.8. The first-order valence-electron chi connectivity index (χ1n) is 13.2. The molecule has 0 aliphatic carbocycles. The van der Waals surface area contributed by atoms with E-state index in [-0.39, 0.29) is 18.4 Å². The summed E-state index contributed by atoms with van der Waals surface area (Å²) < 4.78 is 11.2. The lowest BCUT2D eigenvalue weighted by molar-refractivity contribution is -0.140. The fraction of sp³-hybridized carbons (Fsp3) is 0.400. The van der Waals surface area contributed by atoms with Crippen molar-refractivity contribution in [3.63, 3.8) is 0 Å². The van der Waals surface area contributed by atoms with Crippen LogP contribution < -0.4 is 0 Å². The topological polar surface area (TPSA) is 66.2 Å². The molecule has 1 aliphatic heterocycles. The Kier molecular flexibility index (Phi) is 10.9. The molecule has 1 fully saturated rings. The van der Waals surface area contributed by atoms with Crippen LogP contribution in [0.2, 0.25) is 0 Å². The van der Waals surface area contributed by atoms with E-state index < -0.39 is 0 Å². The van der Waals surface area contributed by atoms with Crippen molar-refractivity contribution in [3.05, 3.63) is 89.9 Å². The molecular weight excluding hydrogens is 498 g/mol. The second-order valence-electron chi connectivity index (χ2n) is 9.47. The van der Waals surface area contributed by atoms with E-state index >= 15 is 0 Å². The Labute approximate surface area is 229 Å². The van der Waals surface area contributed by atoms with E-state index in [0.29, 0.717) is 25.4 Å². The quantitative estimate of drug-likeness (QED) is 0.301. The summed E-state index contributed by atoms with van der Waals surface area (Å²) in [5.41, 5.74) is 1.04. The SMILES string of the molecule is Cc1ccc(CN(Cc2ccccc2)C(=O)CN(CCCN2CCOCC2)C(=O)CSc2ccccc2)o1. The predicted octanol–water partition coefficient (Wildman–Crippen LogP) is 4.46. The maximum atomic E-state index is 13.7. The summed E-state index contributed by atoms with van der Waals surface area (Å²) in [6.07, 6.45) is 0.811. The summed E-state index contributed by atoms with van der Waals surface area (Å²) in [5.74, 6) is 1.72. The highest BCUT2D eigenvalue weighted by atomic mass is 32.2. The van der Waals surface area contributed by atoms with Crippen molar-refractivity contribution in [1.82, 2.24) is 14.7 Å². The van der Waals surface area contributed by atoms with Crippen LogP contribution in [0.1, 0.15) is 23.5 Å². The van der Waals surface area contributed by atoms with Crippen LogP contribution in [0.3, 0.4) is 0 Å². The van der Waals surface area contributed by atoms with Crippen molar-refractivity contribution in [2.45, 2.75) is 31.3 Å². The standard InChI is InChI=1S/C30H37N3O4S/c1-25-13-14-27(37-25)22-33(21-26-9-4-2-5-10-26)29(34)23-32(16-8-15-31-17-19-36-20-18-31)30(35)24-38-28-11-6-3-7-12-28/h2-7,9-14H,8,15-24H2,1H3. The van der Waals surface area contributed by atoms with Gasteiger partial charge in [-0.05, 0) is 43.2 Å². The van der Waals surface area contributed by atoms with E-state index in [4.69, 9.17) is 9.15 Å². The molecule has 0 atom stereocenters. The fourth-order valence-electron chi connectivity index (χ4n) is 4.41. The monoisotopic (exact) mass is 535 g/mol. The van der Waals surface area contributed by atoms with E-state index in [0.717, 1.165) is 61.2 Å². The molecule has 0 saturated carbocycles. The molecule has 0 N–H and O–H groups in total. The van der Waals surface area contributed by atoms with Crippen LogP contribution in [0.5, 0.6) is 0 Å². The molecule has 4 rings (SSSR count). The Bertz CT molecular complexity index is 1130. The van der Waals surface area contributed by atoms with Crippen LogP contribution in [-0.2, 0) is 27.4 Å². The van der Waals surface area contributed by atoms with Crippen LogP contribution >= 0.6 is 11.8 Å². The lowest BCUT2D eigenvalue weighted by Gasteiger charge is -2.29. The van der Waals surface area contributed by atoms with E-state index in [1.165, 1.54) is 11.8 Å². The summed E-state index contributed by atoms with van der Waals surface area (Å²) >= 11 is 1.50. The Hall–Kier alpha value is -3.07. The van der Waals surface area contributed by atoms with Crippen LogP contribution in [0.4, 0.5) is 0 Å². The minimum Gasteiger partial charge on any atom is -0.464 e. The smallest absolute Gasteiger partial charge is 0.242 e. The van der Waals surface area contributed by atoms with Crippen LogP contribution in [0, 0.1) is 6.92 Å². The summed E-state index contributed by atoms with van der Waals surface area (Å²) in [4.78, 5) is 33.9. The molecule has 1 aliphatic rings. The number of rotatable bonds is 13. The fourth-order valence-corrected chi connectivity index (χ4v) is 5.23. The Morgan fingerprint density at radius 1 is 0.868 bits per heavy atom. The number of benzene rings is 2. The summed E-state index contributed by atoms with van der Waals surface area (Å²) in [5, 5.41) is 0. The number of carbonyl (C=O) groups is 2. The molecule has 2 amide bonds. The number of hydrogen-bond donors (Lipinski definition) is 0. The van der Waals surface area contributed by atoms with Gasteiger partial charge in [0.15, 0.2) is 0 Å². The normalized spacial score (nSPS) is 13.8. The van der Waals surface area contributed by atoms with Crippen molar-refractivity contribution < 1.29 is 18.7 Å². The molecule has 0 spiro atoms. The van der Waals surface area contributed by atoms with Gasteiger partial charge >= 0.3 is 0 Å². The van der Waals surface area contributed by atoms with Crippen molar-refractivity contribution in [1.29, 1.82) is 0 Å².